The lowest BCUT2D eigenvalue weighted by Gasteiger charge is -2.34. The first-order chi connectivity index (χ1) is 12.2. The van der Waals surface area contributed by atoms with Crippen LogP contribution in [0.3, 0.4) is 0 Å². The largest absolute Gasteiger partial charge is 0.375 e. The Morgan fingerprint density at radius 1 is 1.40 bits per heavy atom. The van der Waals surface area contributed by atoms with Crippen LogP contribution in [0.2, 0.25) is 0 Å². The molecule has 1 atom stereocenters. The minimum absolute atomic E-state index is 0.136. The predicted molar refractivity (Wildman–Crippen MR) is 93.8 cm³/mol. The maximum absolute atomic E-state index is 5.80. The molecule has 0 N–H and O–H groups in total. The van der Waals surface area contributed by atoms with Crippen LogP contribution in [0.15, 0.2) is 25.0 Å². The van der Waals surface area contributed by atoms with Crippen LogP contribution in [0, 0.1) is 5.92 Å². The Balaban J connectivity index is 1.54. The molecule has 1 aliphatic heterocycles. The Labute approximate surface area is 148 Å². The van der Waals surface area contributed by atoms with Gasteiger partial charge in [0.05, 0.1) is 31.1 Å². The van der Waals surface area contributed by atoms with Gasteiger partial charge in [-0.2, -0.15) is 5.10 Å². The van der Waals surface area contributed by atoms with Crippen molar-refractivity contribution in [3.8, 4) is 0 Å². The van der Waals surface area contributed by atoms with E-state index in [4.69, 9.17) is 4.74 Å². The molecule has 2 aromatic rings. The van der Waals surface area contributed by atoms with Gasteiger partial charge in [0.15, 0.2) is 0 Å². The highest BCUT2D eigenvalue weighted by atomic mass is 16.5. The van der Waals surface area contributed by atoms with E-state index in [1.165, 1.54) is 24.1 Å². The summed E-state index contributed by atoms with van der Waals surface area (Å²) in [6.45, 7) is 7.77. The summed E-state index contributed by atoms with van der Waals surface area (Å²) >= 11 is 0. The Bertz CT molecular complexity index is 732. The first kappa shape index (κ1) is 16.5. The van der Waals surface area contributed by atoms with Crippen molar-refractivity contribution in [3.05, 3.63) is 42.0 Å². The van der Waals surface area contributed by atoms with Crippen LogP contribution in [0.25, 0.3) is 0 Å². The smallest absolute Gasteiger partial charge is 0.105 e. The number of aryl methyl sites for hydroxylation is 1. The fraction of sp³-hybridized carbons (Fsp3) is 0.611. The summed E-state index contributed by atoms with van der Waals surface area (Å²) in [6.07, 6.45) is 9.44. The van der Waals surface area contributed by atoms with Crippen LogP contribution in [-0.2, 0) is 31.3 Å². The van der Waals surface area contributed by atoms with Gasteiger partial charge in [0.2, 0.25) is 0 Å². The Morgan fingerprint density at radius 3 is 3.00 bits per heavy atom. The molecule has 0 spiro atoms. The van der Waals surface area contributed by atoms with Gasteiger partial charge in [-0.05, 0) is 18.8 Å². The second-order valence-corrected chi connectivity index (χ2v) is 7.13. The van der Waals surface area contributed by atoms with Crippen molar-refractivity contribution >= 4 is 0 Å². The number of nitrogens with zero attached hydrogens (tertiary/aromatic N) is 6. The first-order valence-corrected chi connectivity index (χ1v) is 9.07. The van der Waals surface area contributed by atoms with Gasteiger partial charge >= 0.3 is 0 Å². The summed E-state index contributed by atoms with van der Waals surface area (Å²) in [4.78, 5) is 2.43. The van der Waals surface area contributed by atoms with E-state index in [1.807, 2.05) is 17.9 Å². The molecular weight excluding hydrogens is 316 g/mol. The lowest BCUT2D eigenvalue weighted by atomic mass is 10.0. The fourth-order valence-electron chi connectivity index (χ4n) is 3.56. The van der Waals surface area contributed by atoms with Gasteiger partial charge in [0.25, 0.3) is 0 Å². The van der Waals surface area contributed by atoms with E-state index >= 15 is 0 Å². The molecule has 0 aromatic carbocycles. The molecule has 1 fully saturated rings. The van der Waals surface area contributed by atoms with Crippen molar-refractivity contribution < 1.29 is 4.74 Å². The number of rotatable bonds is 8. The predicted octanol–water partition coefficient (Wildman–Crippen LogP) is 1.72. The van der Waals surface area contributed by atoms with Gasteiger partial charge in [-0.1, -0.05) is 11.3 Å². The molecule has 1 saturated carbocycles. The Morgan fingerprint density at radius 2 is 2.28 bits per heavy atom. The second kappa shape index (κ2) is 7.09. The maximum atomic E-state index is 5.80. The van der Waals surface area contributed by atoms with E-state index in [2.05, 4.69) is 37.8 Å². The van der Waals surface area contributed by atoms with Crippen LogP contribution in [0.1, 0.15) is 35.8 Å². The van der Waals surface area contributed by atoms with Crippen molar-refractivity contribution in [2.24, 2.45) is 13.0 Å². The molecule has 1 aliphatic carbocycles. The molecule has 0 radical (unpaired) electrons. The summed E-state index contributed by atoms with van der Waals surface area (Å²) in [6, 6.07) is 0.136. The second-order valence-electron chi connectivity index (χ2n) is 7.13. The Kier molecular flexibility index (Phi) is 4.67. The van der Waals surface area contributed by atoms with E-state index in [-0.39, 0.29) is 6.04 Å². The molecule has 2 aromatic heterocycles. The fourth-order valence-corrected chi connectivity index (χ4v) is 3.56. The van der Waals surface area contributed by atoms with E-state index in [0.717, 1.165) is 37.7 Å². The molecule has 0 bridgehead atoms. The molecule has 25 heavy (non-hydrogen) atoms. The summed E-state index contributed by atoms with van der Waals surface area (Å²) in [5.41, 5.74) is 3.59. The van der Waals surface area contributed by atoms with Crippen LogP contribution < -0.4 is 0 Å². The topological polar surface area (TPSA) is 61.0 Å². The zero-order valence-electron chi connectivity index (χ0n) is 14.8. The average molecular weight is 342 g/mol. The van der Waals surface area contributed by atoms with Gasteiger partial charge in [-0.25, -0.2) is 4.68 Å². The third-order valence-electron chi connectivity index (χ3n) is 5.04. The molecule has 7 nitrogen and oxygen atoms in total. The zero-order chi connectivity index (χ0) is 17.2. The molecule has 134 valence electrons. The zero-order valence-corrected chi connectivity index (χ0v) is 14.8. The van der Waals surface area contributed by atoms with E-state index in [0.29, 0.717) is 13.2 Å². The lowest BCUT2D eigenvalue weighted by Crippen LogP contribution is -2.38. The molecule has 0 unspecified atom stereocenters. The van der Waals surface area contributed by atoms with Gasteiger partial charge < -0.3 is 4.74 Å². The third kappa shape index (κ3) is 3.67. The van der Waals surface area contributed by atoms with Crippen molar-refractivity contribution in [2.75, 3.05) is 19.8 Å². The molecule has 7 heteroatoms. The lowest BCUT2D eigenvalue weighted by molar-refractivity contribution is 0.0598. The van der Waals surface area contributed by atoms with Crippen LogP contribution in [0.4, 0.5) is 0 Å². The molecule has 0 amide bonds. The highest BCUT2D eigenvalue weighted by Gasteiger charge is 2.33. The Hall–Kier alpha value is -1.99. The summed E-state index contributed by atoms with van der Waals surface area (Å²) < 4.78 is 9.78. The third-order valence-corrected chi connectivity index (χ3v) is 5.04. The molecular formula is C18H26N6O. The molecule has 3 heterocycles. The SMILES string of the molecule is C=CCOC[C@@H]1c2nnn(CC3CC3)c2CCN1Cc1cnn(C)c1. The van der Waals surface area contributed by atoms with Gasteiger partial charge in [0, 0.05) is 44.9 Å². The monoisotopic (exact) mass is 342 g/mol. The number of fused-ring (bicyclic) bond motifs is 1. The normalized spacial score (nSPS) is 20.6. The first-order valence-electron chi connectivity index (χ1n) is 9.07. The van der Waals surface area contributed by atoms with Crippen LogP contribution >= 0.6 is 0 Å². The van der Waals surface area contributed by atoms with E-state index in [1.54, 1.807) is 6.08 Å². The van der Waals surface area contributed by atoms with Crippen LogP contribution in [-0.4, -0.2) is 49.4 Å². The van der Waals surface area contributed by atoms with E-state index in [9.17, 15) is 0 Å². The highest BCUT2D eigenvalue weighted by Crippen LogP contribution is 2.34. The van der Waals surface area contributed by atoms with Gasteiger partial charge in [0.1, 0.15) is 5.69 Å². The van der Waals surface area contributed by atoms with Gasteiger partial charge in [-0.3, -0.25) is 9.58 Å². The summed E-state index contributed by atoms with van der Waals surface area (Å²) in [5.74, 6) is 0.801. The minimum Gasteiger partial charge on any atom is -0.375 e. The number of ether oxygens (including phenoxy) is 1. The number of hydrogen-bond acceptors (Lipinski definition) is 5. The van der Waals surface area contributed by atoms with Gasteiger partial charge in [-0.15, -0.1) is 11.7 Å². The summed E-state index contributed by atoms with van der Waals surface area (Å²) in [7, 11) is 1.95. The van der Waals surface area contributed by atoms with Crippen LogP contribution in [0.5, 0.6) is 0 Å². The average Bonchev–Trinajstić information content (AvgIpc) is 3.19. The molecule has 2 aliphatic rings. The minimum atomic E-state index is 0.136. The number of aromatic nitrogens is 5. The number of hydrogen-bond donors (Lipinski definition) is 0. The van der Waals surface area contributed by atoms with Crippen molar-refractivity contribution in [1.29, 1.82) is 0 Å². The van der Waals surface area contributed by atoms with Crippen molar-refractivity contribution in [2.45, 2.75) is 38.4 Å². The maximum Gasteiger partial charge on any atom is 0.105 e. The van der Waals surface area contributed by atoms with Crippen molar-refractivity contribution in [3.63, 3.8) is 0 Å². The molecule has 0 saturated heterocycles. The summed E-state index contributed by atoms with van der Waals surface area (Å²) in [5, 5.41) is 13.3. The highest BCUT2D eigenvalue weighted by molar-refractivity contribution is 5.20. The quantitative estimate of drug-likeness (QED) is 0.540. The standard InChI is InChI=1S/C18H26N6O/c1-3-8-25-13-17-18-16(24(21-20-18)12-14-4-5-14)6-7-23(17)11-15-9-19-22(2)10-15/h3,9-10,14,17H,1,4-8,11-13H2,2H3/t17-/m1/s1. The van der Waals surface area contributed by atoms with E-state index < -0.39 is 0 Å². The molecule has 4 rings (SSSR count). The van der Waals surface area contributed by atoms with Crippen molar-refractivity contribution in [1.82, 2.24) is 29.7 Å².